The molecule has 2 N–H and O–H groups in total. The molecular formula is C21H24O5Si. The van der Waals surface area contributed by atoms with E-state index in [2.05, 4.69) is 33.9 Å². The molecule has 0 saturated carbocycles. The molecule has 0 radical (unpaired) electrons. The van der Waals surface area contributed by atoms with Crippen molar-refractivity contribution in [2.75, 3.05) is 0 Å². The van der Waals surface area contributed by atoms with Gasteiger partial charge in [-0.15, -0.1) is 0 Å². The molecule has 0 aliphatic heterocycles. The Labute approximate surface area is 159 Å². The van der Waals surface area contributed by atoms with Gasteiger partial charge >= 0.3 is 0 Å². The molecule has 2 aromatic carbocycles. The van der Waals surface area contributed by atoms with Gasteiger partial charge in [-0.1, -0.05) is 32.9 Å². The van der Waals surface area contributed by atoms with Crippen molar-refractivity contribution in [2.24, 2.45) is 0 Å². The van der Waals surface area contributed by atoms with Gasteiger partial charge in [0.2, 0.25) is 13.7 Å². The highest BCUT2D eigenvalue weighted by Crippen LogP contribution is 2.39. The molecule has 0 aliphatic rings. The molecule has 6 heteroatoms. The number of phenols is 2. The molecule has 1 heterocycles. The third kappa shape index (κ3) is 3.57. The van der Waals surface area contributed by atoms with Gasteiger partial charge < -0.3 is 19.1 Å². The zero-order valence-electron chi connectivity index (χ0n) is 16.2. The minimum Gasteiger partial charge on any atom is -0.543 e. The van der Waals surface area contributed by atoms with Crippen molar-refractivity contribution in [1.29, 1.82) is 0 Å². The Balaban J connectivity index is 2.09. The molecule has 142 valence electrons. The Kier molecular flexibility index (Phi) is 4.55. The fourth-order valence-corrected chi connectivity index (χ4v) is 3.57. The first-order valence-electron chi connectivity index (χ1n) is 8.76. The second-order valence-electron chi connectivity index (χ2n) is 8.20. The highest BCUT2D eigenvalue weighted by Gasteiger charge is 2.39. The quantitative estimate of drug-likeness (QED) is 0.603. The van der Waals surface area contributed by atoms with Gasteiger partial charge in [0.25, 0.3) is 0 Å². The molecule has 5 nitrogen and oxygen atoms in total. The van der Waals surface area contributed by atoms with E-state index in [1.54, 1.807) is 18.2 Å². The Bertz CT molecular complexity index is 1040. The topological polar surface area (TPSA) is 79.9 Å². The van der Waals surface area contributed by atoms with Gasteiger partial charge in [-0.2, -0.15) is 0 Å². The Morgan fingerprint density at radius 3 is 2.26 bits per heavy atom. The van der Waals surface area contributed by atoms with Crippen molar-refractivity contribution in [3.8, 4) is 28.4 Å². The average Bonchev–Trinajstić information content (AvgIpc) is 2.54. The molecule has 0 amide bonds. The third-order valence-corrected chi connectivity index (χ3v) is 9.55. The summed E-state index contributed by atoms with van der Waals surface area (Å²) >= 11 is 0. The molecule has 0 spiro atoms. The first-order chi connectivity index (χ1) is 12.5. The van der Waals surface area contributed by atoms with E-state index in [1.165, 1.54) is 24.5 Å². The molecule has 27 heavy (non-hydrogen) atoms. The van der Waals surface area contributed by atoms with Gasteiger partial charge in [-0.05, 0) is 35.8 Å². The lowest BCUT2D eigenvalue weighted by Crippen LogP contribution is -2.43. The van der Waals surface area contributed by atoms with E-state index in [-0.39, 0.29) is 32.9 Å². The fraction of sp³-hybridized carbons (Fsp3) is 0.286. The van der Waals surface area contributed by atoms with Crippen LogP contribution < -0.4 is 9.85 Å². The van der Waals surface area contributed by atoms with Gasteiger partial charge in [0.15, 0.2) is 0 Å². The van der Waals surface area contributed by atoms with Crippen LogP contribution in [0.1, 0.15) is 20.8 Å². The Morgan fingerprint density at radius 2 is 1.67 bits per heavy atom. The van der Waals surface area contributed by atoms with Crippen molar-refractivity contribution >= 4 is 19.3 Å². The van der Waals surface area contributed by atoms with Crippen molar-refractivity contribution in [3.05, 3.63) is 52.9 Å². The first-order valence-corrected chi connectivity index (χ1v) is 11.7. The number of fused-ring (bicyclic) bond motifs is 1. The van der Waals surface area contributed by atoms with E-state index in [0.29, 0.717) is 16.9 Å². The second-order valence-corrected chi connectivity index (χ2v) is 12.9. The molecule has 3 aromatic rings. The lowest BCUT2D eigenvalue weighted by Gasteiger charge is -2.36. The zero-order valence-corrected chi connectivity index (χ0v) is 17.2. The summed E-state index contributed by atoms with van der Waals surface area (Å²) in [4.78, 5) is 12.9. The van der Waals surface area contributed by atoms with E-state index in [0.717, 1.165) is 0 Å². The summed E-state index contributed by atoms with van der Waals surface area (Å²) in [6.45, 7) is 10.6. The van der Waals surface area contributed by atoms with Gasteiger partial charge in [0, 0.05) is 12.1 Å². The van der Waals surface area contributed by atoms with Crippen LogP contribution in [0.2, 0.25) is 18.1 Å². The maximum Gasteiger partial charge on any atom is 0.250 e. The number of rotatable bonds is 3. The van der Waals surface area contributed by atoms with Crippen molar-refractivity contribution in [1.82, 2.24) is 0 Å². The summed E-state index contributed by atoms with van der Waals surface area (Å²) in [6.07, 6.45) is 1.37. The number of phenolic OH excluding ortho intramolecular Hbond substituents is 2. The average molecular weight is 385 g/mol. The molecule has 0 bridgehead atoms. The number of hydrogen-bond acceptors (Lipinski definition) is 5. The van der Waals surface area contributed by atoms with Crippen LogP contribution in [0.3, 0.4) is 0 Å². The number of aromatic hydroxyl groups is 2. The minimum atomic E-state index is -2.09. The fourth-order valence-electron chi connectivity index (χ4n) is 2.55. The van der Waals surface area contributed by atoms with Crippen LogP contribution in [0, 0.1) is 0 Å². The predicted octanol–water partition coefficient (Wildman–Crippen LogP) is 5.26. The predicted molar refractivity (Wildman–Crippen MR) is 109 cm³/mol. The number of benzene rings is 2. The van der Waals surface area contributed by atoms with Crippen LogP contribution in [0.15, 0.2) is 51.9 Å². The summed E-state index contributed by atoms with van der Waals surface area (Å²) in [5, 5.41) is 20.0. The minimum absolute atomic E-state index is 0.00113. The van der Waals surface area contributed by atoms with Gasteiger partial charge in [0.1, 0.15) is 34.5 Å². The Hall–Kier alpha value is -2.73. The van der Waals surface area contributed by atoms with Crippen LogP contribution >= 0.6 is 0 Å². The molecule has 1 aromatic heterocycles. The molecule has 0 fully saturated rings. The van der Waals surface area contributed by atoms with Crippen LogP contribution in [0.25, 0.3) is 22.1 Å². The van der Waals surface area contributed by atoms with Crippen LogP contribution in [-0.2, 0) is 0 Å². The van der Waals surface area contributed by atoms with Crippen molar-refractivity contribution < 1.29 is 19.1 Å². The molecule has 0 aliphatic carbocycles. The molecule has 0 unspecified atom stereocenters. The van der Waals surface area contributed by atoms with E-state index in [1.807, 2.05) is 0 Å². The van der Waals surface area contributed by atoms with Crippen molar-refractivity contribution in [2.45, 2.75) is 38.9 Å². The van der Waals surface area contributed by atoms with E-state index < -0.39 is 8.32 Å². The van der Waals surface area contributed by atoms with Crippen LogP contribution in [0.4, 0.5) is 0 Å². The van der Waals surface area contributed by atoms with Crippen LogP contribution in [-0.4, -0.2) is 18.5 Å². The highest BCUT2D eigenvalue weighted by molar-refractivity contribution is 6.74. The second kappa shape index (κ2) is 6.46. The molecular weight excluding hydrogens is 360 g/mol. The summed E-state index contributed by atoms with van der Waals surface area (Å²) in [6, 6.07) is 9.36. The van der Waals surface area contributed by atoms with E-state index >= 15 is 0 Å². The summed E-state index contributed by atoms with van der Waals surface area (Å²) in [7, 11) is -2.09. The lowest BCUT2D eigenvalue weighted by atomic mass is 10.0. The Morgan fingerprint density at radius 1 is 1.04 bits per heavy atom. The largest absolute Gasteiger partial charge is 0.543 e. The summed E-state index contributed by atoms with van der Waals surface area (Å²) in [5.41, 5.74) is 0.856. The molecule has 0 atom stereocenters. The van der Waals surface area contributed by atoms with Crippen molar-refractivity contribution in [3.63, 3.8) is 0 Å². The lowest BCUT2D eigenvalue weighted by molar-refractivity contribution is 0.463. The standard InChI is InChI=1S/C21H24O5Si/c1-21(2,3)27(4,5)26-15-10-17(23)19-18(11-15)25-12-16(20(19)24)13-6-8-14(22)9-7-13/h6-12,22-23H,1-5H3. The third-order valence-electron chi connectivity index (χ3n) is 5.19. The van der Waals surface area contributed by atoms with E-state index in [9.17, 15) is 15.0 Å². The normalized spacial score (nSPS) is 12.3. The number of hydrogen-bond donors (Lipinski definition) is 2. The SMILES string of the molecule is CC(C)(C)[Si](C)(C)Oc1cc(O)c2c(=O)c(-c3ccc(O)cc3)coc2c1. The zero-order chi connectivity index (χ0) is 20.0. The van der Waals surface area contributed by atoms with E-state index in [4.69, 9.17) is 8.84 Å². The molecule has 0 saturated heterocycles. The van der Waals surface area contributed by atoms with Gasteiger partial charge in [0.05, 0.1) is 5.56 Å². The summed E-state index contributed by atoms with van der Waals surface area (Å²) < 4.78 is 11.9. The smallest absolute Gasteiger partial charge is 0.250 e. The molecule has 3 rings (SSSR count). The maximum atomic E-state index is 12.9. The summed E-state index contributed by atoms with van der Waals surface area (Å²) in [5.74, 6) is 0.432. The first kappa shape index (κ1) is 19.0. The monoisotopic (exact) mass is 384 g/mol. The van der Waals surface area contributed by atoms with Crippen LogP contribution in [0.5, 0.6) is 17.2 Å². The van der Waals surface area contributed by atoms with Gasteiger partial charge in [-0.3, -0.25) is 4.79 Å². The highest BCUT2D eigenvalue weighted by atomic mass is 28.4. The van der Waals surface area contributed by atoms with Gasteiger partial charge in [-0.25, -0.2) is 0 Å². The maximum absolute atomic E-state index is 12.9.